The highest BCUT2D eigenvalue weighted by atomic mass is 19.1. The first-order valence-corrected chi connectivity index (χ1v) is 5.15. The molecule has 1 aromatic carbocycles. The van der Waals surface area contributed by atoms with Gasteiger partial charge in [-0.05, 0) is 38.8 Å². The Morgan fingerprint density at radius 2 is 2.13 bits per heavy atom. The van der Waals surface area contributed by atoms with Crippen molar-refractivity contribution in [2.75, 3.05) is 6.61 Å². The van der Waals surface area contributed by atoms with Crippen molar-refractivity contribution in [3.05, 3.63) is 30.1 Å². The second-order valence-electron chi connectivity index (χ2n) is 4.40. The summed E-state index contributed by atoms with van der Waals surface area (Å²) >= 11 is 0. The van der Waals surface area contributed by atoms with E-state index in [2.05, 4.69) is 0 Å². The predicted octanol–water partition coefficient (Wildman–Crippen LogP) is 2.72. The molecule has 1 aromatic rings. The molecular formula is C12H18FNO. The summed E-state index contributed by atoms with van der Waals surface area (Å²) in [6.07, 6.45) is 1.77. The smallest absolute Gasteiger partial charge is 0.126 e. The van der Waals surface area contributed by atoms with E-state index in [0.717, 1.165) is 12.8 Å². The van der Waals surface area contributed by atoms with Crippen LogP contribution in [-0.4, -0.2) is 12.1 Å². The van der Waals surface area contributed by atoms with Crippen LogP contribution in [0.15, 0.2) is 24.3 Å². The fraction of sp³-hybridized carbons (Fsp3) is 0.500. The molecule has 0 fully saturated rings. The van der Waals surface area contributed by atoms with Crippen LogP contribution < -0.4 is 10.5 Å². The van der Waals surface area contributed by atoms with E-state index in [9.17, 15) is 4.39 Å². The zero-order valence-electron chi connectivity index (χ0n) is 9.29. The summed E-state index contributed by atoms with van der Waals surface area (Å²) in [6.45, 7) is 4.54. The van der Waals surface area contributed by atoms with E-state index >= 15 is 0 Å². The maximum absolute atomic E-state index is 12.8. The Morgan fingerprint density at radius 1 is 1.40 bits per heavy atom. The summed E-state index contributed by atoms with van der Waals surface area (Å²) in [5.74, 6) is 0.302. The first kappa shape index (κ1) is 12.0. The van der Waals surface area contributed by atoms with Crippen molar-refractivity contribution in [3.8, 4) is 5.75 Å². The van der Waals surface area contributed by atoms with Gasteiger partial charge in [0.05, 0.1) is 6.61 Å². The summed E-state index contributed by atoms with van der Waals surface area (Å²) in [5.41, 5.74) is 5.66. The van der Waals surface area contributed by atoms with Crippen molar-refractivity contribution in [1.82, 2.24) is 0 Å². The number of ether oxygens (including phenoxy) is 1. The Balaban J connectivity index is 2.26. The van der Waals surface area contributed by atoms with E-state index in [1.165, 1.54) is 12.1 Å². The van der Waals surface area contributed by atoms with Crippen LogP contribution in [0.2, 0.25) is 0 Å². The van der Waals surface area contributed by atoms with Gasteiger partial charge in [0.2, 0.25) is 0 Å². The highest BCUT2D eigenvalue weighted by Gasteiger charge is 2.09. The molecule has 0 saturated carbocycles. The second-order valence-corrected chi connectivity index (χ2v) is 4.40. The zero-order chi connectivity index (χ0) is 11.3. The Kier molecular flexibility index (Phi) is 4.09. The summed E-state index contributed by atoms with van der Waals surface area (Å²) in [7, 11) is 0. The van der Waals surface area contributed by atoms with Crippen molar-refractivity contribution in [3.63, 3.8) is 0 Å². The molecule has 15 heavy (non-hydrogen) atoms. The number of nitrogens with two attached hydrogens (primary N) is 1. The third kappa shape index (κ3) is 5.37. The van der Waals surface area contributed by atoms with Gasteiger partial charge in [0.15, 0.2) is 0 Å². The molecule has 0 atom stereocenters. The highest BCUT2D eigenvalue weighted by Crippen LogP contribution is 2.13. The van der Waals surface area contributed by atoms with Gasteiger partial charge in [-0.25, -0.2) is 4.39 Å². The van der Waals surface area contributed by atoms with Crippen molar-refractivity contribution >= 4 is 0 Å². The molecule has 84 valence electrons. The SMILES string of the molecule is CC(C)(N)CCCOc1cccc(F)c1. The van der Waals surface area contributed by atoms with E-state index in [4.69, 9.17) is 10.5 Å². The van der Waals surface area contributed by atoms with E-state index < -0.39 is 0 Å². The van der Waals surface area contributed by atoms with Crippen molar-refractivity contribution in [1.29, 1.82) is 0 Å². The molecule has 0 aromatic heterocycles. The van der Waals surface area contributed by atoms with E-state index in [-0.39, 0.29) is 11.4 Å². The van der Waals surface area contributed by atoms with Crippen LogP contribution in [0.3, 0.4) is 0 Å². The molecule has 0 spiro atoms. The molecule has 1 rings (SSSR count). The van der Waals surface area contributed by atoms with Gasteiger partial charge in [0.25, 0.3) is 0 Å². The molecule has 0 saturated heterocycles. The molecule has 0 unspecified atom stereocenters. The quantitative estimate of drug-likeness (QED) is 0.760. The number of benzene rings is 1. The summed E-state index contributed by atoms with van der Waals surface area (Å²) in [5, 5.41) is 0. The fourth-order valence-corrected chi connectivity index (χ4v) is 1.27. The first-order chi connectivity index (χ1) is 6.97. The van der Waals surface area contributed by atoms with Crippen LogP contribution in [0.4, 0.5) is 4.39 Å². The lowest BCUT2D eigenvalue weighted by molar-refractivity contribution is 0.288. The molecule has 0 aliphatic carbocycles. The molecular weight excluding hydrogens is 193 g/mol. The number of hydrogen-bond donors (Lipinski definition) is 1. The van der Waals surface area contributed by atoms with Crippen LogP contribution in [0.25, 0.3) is 0 Å². The lowest BCUT2D eigenvalue weighted by atomic mass is 10.0. The van der Waals surface area contributed by atoms with Crippen molar-refractivity contribution in [2.24, 2.45) is 5.73 Å². The molecule has 0 radical (unpaired) electrons. The molecule has 0 heterocycles. The average molecular weight is 211 g/mol. The fourth-order valence-electron chi connectivity index (χ4n) is 1.27. The third-order valence-corrected chi connectivity index (χ3v) is 2.03. The van der Waals surface area contributed by atoms with Gasteiger partial charge >= 0.3 is 0 Å². The van der Waals surface area contributed by atoms with Crippen LogP contribution in [0.5, 0.6) is 5.75 Å². The lowest BCUT2D eigenvalue weighted by Gasteiger charge is -2.17. The topological polar surface area (TPSA) is 35.2 Å². The largest absolute Gasteiger partial charge is 0.493 e. The van der Waals surface area contributed by atoms with Crippen LogP contribution >= 0.6 is 0 Å². The maximum atomic E-state index is 12.8. The normalized spacial score (nSPS) is 11.5. The number of halogens is 1. The second kappa shape index (κ2) is 5.12. The van der Waals surface area contributed by atoms with Gasteiger partial charge in [0, 0.05) is 11.6 Å². The predicted molar refractivity (Wildman–Crippen MR) is 59.4 cm³/mol. The molecule has 3 heteroatoms. The van der Waals surface area contributed by atoms with Crippen LogP contribution in [0, 0.1) is 5.82 Å². The van der Waals surface area contributed by atoms with Gasteiger partial charge in [-0.3, -0.25) is 0 Å². The summed E-state index contributed by atoms with van der Waals surface area (Å²) in [6, 6.07) is 6.16. The molecule has 0 amide bonds. The minimum atomic E-state index is -0.272. The van der Waals surface area contributed by atoms with E-state index in [0.29, 0.717) is 12.4 Å². The van der Waals surface area contributed by atoms with Crippen molar-refractivity contribution < 1.29 is 9.13 Å². The molecule has 2 nitrogen and oxygen atoms in total. The van der Waals surface area contributed by atoms with Gasteiger partial charge in [-0.1, -0.05) is 6.07 Å². The highest BCUT2D eigenvalue weighted by molar-refractivity contribution is 5.22. The Labute approximate surface area is 90.2 Å². The summed E-state index contributed by atoms with van der Waals surface area (Å²) in [4.78, 5) is 0. The third-order valence-electron chi connectivity index (χ3n) is 2.03. The molecule has 0 aliphatic heterocycles. The van der Waals surface area contributed by atoms with Gasteiger partial charge in [-0.15, -0.1) is 0 Å². The molecule has 0 aliphatic rings. The van der Waals surface area contributed by atoms with E-state index in [1.807, 2.05) is 13.8 Å². The number of rotatable bonds is 5. The molecule has 0 bridgehead atoms. The Bertz CT molecular complexity index is 307. The van der Waals surface area contributed by atoms with Crippen molar-refractivity contribution in [2.45, 2.75) is 32.2 Å². The monoisotopic (exact) mass is 211 g/mol. The van der Waals surface area contributed by atoms with Crippen LogP contribution in [-0.2, 0) is 0 Å². The number of hydrogen-bond acceptors (Lipinski definition) is 2. The minimum Gasteiger partial charge on any atom is -0.493 e. The Hall–Kier alpha value is -1.09. The average Bonchev–Trinajstić information content (AvgIpc) is 2.11. The maximum Gasteiger partial charge on any atom is 0.126 e. The van der Waals surface area contributed by atoms with Crippen LogP contribution in [0.1, 0.15) is 26.7 Å². The zero-order valence-corrected chi connectivity index (χ0v) is 9.29. The Morgan fingerprint density at radius 3 is 2.73 bits per heavy atom. The standard InChI is InChI=1S/C12H18FNO/c1-12(2,14)7-4-8-15-11-6-3-5-10(13)9-11/h3,5-6,9H,4,7-8,14H2,1-2H3. The molecule has 2 N–H and O–H groups in total. The van der Waals surface area contributed by atoms with Gasteiger partial charge in [-0.2, -0.15) is 0 Å². The van der Waals surface area contributed by atoms with Gasteiger partial charge in [0.1, 0.15) is 11.6 Å². The van der Waals surface area contributed by atoms with Gasteiger partial charge < -0.3 is 10.5 Å². The first-order valence-electron chi connectivity index (χ1n) is 5.15. The lowest BCUT2D eigenvalue weighted by Crippen LogP contribution is -2.32. The minimum absolute atomic E-state index is 0.161. The van der Waals surface area contributed by atoms with E-state index in [1.54, 1.807) is 12.1 Å². The summed E-state index contributed by atoms with van der Waals surface area (Å²) < 4.78 is 18.2.